The van der Waals surface area contributed by atoms with E-state index in [4.69, 9.17) is 5.73 Å². The third-order valence-corrected chi connectivity index (χ3v) is 5.29. The normalized spacial score (nSPS) is 18.0. The Morgan fingerprint density at radius 2 is 2.12 bits per heavy atom. The van der Waals surface area contributed by atoms with Crippen molar-refractivity contribution in [2.45, 2.75) is 38.6 Å². The number of aromatic nitrogens is 1. The molecule has 0 unspecified atom stereocenters. The van der Waals surface area contributed by atoms with Gasteiger partial charge in [0.15, 0.2) is 5.13 Å². The first kappa shape index (κ1) is 16.8. The molecule has 0 bridgehead atoms. The van der Waals surface area contributed by atoms with E-state index in [1.54, 1.807) is 5.38 Å². The van der Waals surface area contributed by atoms with Gasteiger partial charge in [0.25, 0.3) is 5.91 Å². The van der Waals surface area contributed by atoms with Gasteiger partial charge in [-0.25, -0.2) is 4.98 Å². The highest BCUT2D eigenvalue weighted by molar-refractivity contribution is 7.13. The molecule has 3 rings (SSSR count). The van der Waals surface area contributed by atoms with E-state index in [9.17, 15) is 4.79 Å². The van der Waals surface area contributed by atoms with Crippen LogP contribution in [0, 0.1) is 0 Å². The Morgan fingerprint density at radius 3 is 2.75 bits per heavy atom. The maximum Gasteiger partial charge on any atom is 0.268 e. The van der Waals surface area contributed by atoms with Crippen LogP contribution < -0.4 is 16.0 Å². The average Bonchev–Trinajstić information content (AvgIpc) is 3.06. The predicted octanol–water partition coefficient (Wildman–Crippen LogP) is 3.45. The minimum absolute atomic E-state index is 0.356. The van der Waals surface area contributed by atoms with Gasteiger partial charge >= 0.3 is 0 Å². The molecule has 0 spiro atoms. The van der Waals surface area contributed by atoms with E-state index in [-0.39, 0.29) is 0 Å². The molecule has 128 valence electrons. The molecular weight excluding hydrogens is 320 g/mol. The molecule has 3 N–H and O–H groups in total. The summed E-state index contributed by atoms with van der Waals surface area (Å²) < 4.78 is 0. The third kappa shape index (κ3) is 3.87. The molecule has 1 aromatic heterocycles. The molecule has 1 atom stereocenters. The fourth-order valence-electron chi connectivity index (χ4n) is 2.99. The van der Waals surface area contributed by atoms with E-state index in [0.29, 0.717) is 17.7 Å². The highest BCUT2D eigenvalue weighted by Crippen LogP contribution is 2.26. The van der Waals surface area contributed by atoms with Crippen LogP contribution in [0.15, 0.2) is 29.6 Å². The zero-order valence-electron chi connectivity index (χ0n) is 14.2. The Morgan fingerprint density at radius 1 is 1.38 bits per heavy atom. The molecule has 24 heavy (non-hydrogen) atoms. The quantitative estimate of drug-likeness (QED) is 0.871. The van der Waals surface area contributed by atoms with E-state index < -0.39 is 5.91 Å². The van der Waals surface area contributed by atoms with Gasteiger partial charge in [-0.2, -0.15) is 0 Å². The number of anilines is 2. The molecule has 0 aliphatic carbocycles. The predicted molar refractivity (Wildman–Crippen MR) is 100 cm³/mol. The van der Waals surface area contributed by atoms with E-state index in [0.717, 1.165) is 36.8 Å². The van der Waals surface area contributed by atoms with E-state index in [2.05, 4.69) is 53.3 Å². The van der Waals surface area contributed by atoms with Crippen LogP contribution in [0.2, 0.25) is 0 Å². The molecule has 1 saturated heterocycles. The molecule has 1 amide bonds. The van der Waals surface area contributed by atoms with Gasteiger partial charge in [-0.1, -0.05) is 26.0 Å². The summed E-state index contributed by atoms with van der Waals surface area (Å²) in [5.74, 6) is 0.0861. The Balaban J connectivity index is 1.63. The van der Waals surface area contributed by atoms with Crippen LogP contribution in [-0.4, -0.2) is 30.0 Å². The fourth-order valence-corrected chi connectivity index (χ4v) is 3.84. The average molecular weight is 344 g/mol. The SMILES string of the molecule is CC(C)c1ccc(N[C@@H]2CCCN(c3nc(C(N)=O)cs3)C2)cc1. The van der Waals surface area contributed by atoms with E-state index in [1.807, 2.05) is 0 Å². The Labute approximate surface area is 146 Å². The van der Waals surface area contributed by atoms with Crippen molar-refractivity contribution in [3.05, 3.63) is 40.9 Å². The van der Waals surface area contributed by atoms with Gasteiger partial charge in [0.05, 0.1) is 0 Å². The Bertz CT molecular complexity index is 695. The second kappa shape index (κ2) is 7.21. The summed E-state index contributed by atoms with van der Waals surface area (Å²) in [5, 5.41) is 6.24. The zero-order valence-corrected chi connectivity index (χ0v) is 15.0. The van der Waals surface area contributed by atoms with Crippen LogP contribution in [-0.2, 0) is 0 Å². The van der Waals surface area contributed by atoms with Crippen molar-refractivity contribution >= 4 is 28.1 Å². The number of thiazole rings is 1. The van der Waals surface area contributed by atoms with Crippen molar-refractivity contribution in [3.8, 4) is 0 Å². The summed E-state index contributed by atoms with van der Waals surface area (Å²) >= 11 is 1.48. The maximum atomic E-state index is 11.2. The fraction of sp³-hybridized carbons (Fsp3) is 0.444. The van der Waals surface area contributed by atoms with Gasteiger partial charge in [0, 0.05) is 30.2 Å². The number of carbonyl (C=O) groups excluding carboxylic acids is 1. The molecule has 2 aromatic rings. The molecular formula is C18H24N4OS. The molecule has 5 nitrogen and oxygen atoms in total. The summed E-state index contributed by atoms with van der Waals surface area (Å²) in [6.45, 7) is 6.26. The molecule has 1 aliphatic heterocycles. The van der Waals surface area contributed by atoms with Gasteiger partial charge in [0.1, 0.15) is 5.69 Å². The smallest absolute Gasteiger partial charge is 0.268 e. The summed E-state index contributed by atoms with van der Waals surface area (Å²) in [6.07, 6.45) is 2.24. The summed E-state index contributed by atoms with van der Waals surface area (Å²) in [4.78, 5) is 17.8. The minimum atomic E-state index is -0.463. The molecule has 1 aliphatic rings. The Hall–Kier alpha value is -2.08. The Kier molecular flexibility index (Phi) is 5.04. The number of nitrogens with two attached hydrogens (primary N) is 1. The molecule has 0 radical (unpaired) electrons. The first-order valence-electron chi connectivity index (χ1n) is 8.39. The minimum Gasteiger partial charge on any atom is -0.381 e. The monoisotopic (exact) mass is 344 g/mol. The highest BCUT2D eigenvalue weighted by atomic mass is 32.1. The lowest BCUT2D eigenvalue weighted by Crippen LogP contribution is -2.42. The first-order chi connectivity index (χ1) is 11.5. The van der Waals surface area contributed by atoms with Crippen molar-refractivity contribution in [3.63, 3.8) is 0 Å². The van der Waals surface area contributed by atoms with Crippen molar-refractivity contribution in [1.82, 2.24) is 4.98 Å². The second-order valence-electron chi connectivity index (χ2n) is 6.59. The highest BCUT2D eigenvalue weighted by Gasteiger charge is 2.22. The van der Waals surface area contributed by atoms with E-state index >= 15 is 0 Å². The number of rotatable bonds is 5. The number of nitrogens with zero attached hydrogens (tertiary/aromatic N) is 2. The largest absolute Gasteiger partial charge is 0.381 e. The van der Waals surface area contributed by atoms with Crippen molar-refractivity contribution in [2.24, 2.45) is 5.73 Å². The zero-order chi connectivity index (χ0) is 17.1. The summed E-state index contributed by atoms with van der Waals surface area (Å²) in [5.41, 5.74) is 8.16. The number of primary amides is 1. The van der Waals surface area contributed by atoms with Crippen molar-refractivity contribution in [1.29, 1.82) is 0 Å². The maximum absolute atomic E-state index is 11.2. The summed E-state index contributed by atoms with van der Waals surface area (Å²) in [6, 6.07) is 9.07. The van der Waals surface area contributed by atoms with Gasteiger partial charge in [-0.05, 0) is 36.5 Å². The van der Waals surface area contributed by atoms with Crippen molar-refractivity contribution in [2.75, 3.05) is 23.3 Å². The lowest BCUT2D eigenvalue weighted by molar-refractivity contribution is 0.0996. The van der Waals surface area contributed by atoms with E-state index in [1.165, 1.54) is 16.9 Å². The topological polar surface area (TPSA) is 71.2 Å². The molecule has 1 fully saturated rings. The number of hydrogen-bond donors (Lipinski definition) is 2. The van der Waals surface area contributed by atoms with Crippen LogP contribution in [0.25, 0.3) is 0 Å². The van der Waals surface area contributed by atoms with Crippen LogP contribution in [0.3, 0.4) is 0 Å². The molecule has 0 saturated carbocycles. The van der Waals surface area contributed by atoms with Gasteiger partial charge in [-0.15, -0.1) is 11.3 Å². The molecule has 1 aromatic carbocycles. The number of hydrogen-bond acceptors (Lipinski definition) is 5. The molecule has 2 heterocycles. The number of piperidine rings is 1. The lowest BCUT2D eigenvalue weighted by Gasteiger charge is -2.33. The molecule has 6 heteroatoms. The van der Waals surface area contributed by atoms with Gasteiger partial charge in [0.2, 0.25) is 0 Å². The van der Waals surface area contributed by atoms with Gasteiger partial charge in [-0.3, -0.25) is 4.79 Å². The number of amides is 1. The van der Waals surface area contributed by atoms with Crippen LogP contribution >= 0.6 is 11.3 Å². The number of carbonyl (C=O) groups is 1. The van der Waals surface area contributed by atoms with Crippen LogP contribution in [0.5, 0.6) is 0 Å². The van der Waals surface area contributed by atoms with Crippen LogP contribution in [0.4, 0.5) is 10.8 Å². The lowest BCUT2D eigenvalue weighted by atomic mass is 10.0. The third-order valence-electron chi connectivity index (χ3n) is 4.38. The number of benzene rings is 1. The number of nitrogens with one attached hydrogen (secondary N) is 1. The first-order valence-corrected chi connectivity index (χ1v) is 9.27. The van der Waals surface area contributed by atoms with Gasteiger partial charge < -0.3 is 16.0 Å². The standard InChI is InChI=1S/C18H24N4OS/c1-12(2)13-5-7-14(8-6-13)20-15-4-3-9-22(10-15)18-21-16(11-24-18)17(19)23/h5-8,11-12,15,20H,3-4,9-10H2,1-2H3,(H2,19,23)/t15-/m1/s1. The van der Waals surface area contributed by atoms with Crippen LogP contribution in [0.1, 0.15) is 48.7 Å². The summed E-state index contributed by atoms with van der Waals surface area (Å²) in [7, 11) is 0. The van der Waals surface area contributed by atoms with Crippen molar-refractivity contribution < 1.29 is 4.79 Å². The second-order valence-corrected chi connectivity index (χ2v) is 7.42.